The summed E-state index contributed by atoms with van der Waals surface area (Å²) >= 11 is 7.77. The van der Waals surface area contributed by atoms with Crippen LogP contribution >= 0.6 is 23.4 Å². The molecule has 0 unspecified atom stereocenters. The van der Waals surface area contributed by atoms with Gasteiger partial charge in [0.15, 0.2) is 11.0 Å². The first kappa shape index (κ1) is 21.5. The van der Waals surface area contributed by atoms with Gasteiger partial charge in [0.25, 0.3) is 0 Å². The maximum absolute atomic E-state index is 10.1. The maximum atomic E-state index is 10.1. The van der Waals surface area contributed by atoms with Crippen molar-refractivity contribution in [3.8, 4) is 17.2 Å². The van der Waals surface area contributed by atoms with Gasteiger partial charge >= 0.3 is 0 Å². The van der Waals surface area contributed by atoms with Crippen molar-refractivity contribution in [1.82, 2.24) is 14.8 Å². The Hall–Kier alpha value is -2.22. The van der Waals surface area contributed by atoms with Crippen LogP contribution in [0.15, 0.2) is 47.6 Å². The molecule has 1 heterocycles. The Labute approximate surface area is 179 Å². The predicted octanol–water partition coefficient (Wildman–Crippen LogP) is 4.68. The van der Waals surface area contributed by atoms with E-state index in [4.69, 9.17) is 21.1 Å². The molecule has 8 heteroatoms. The molecule has 2 aromatic carbocycles. The van der Waals surface area contributed by atoms with E-state index in [2.05, 4.69) is 10.2 Å². The van der Waals surface area contributed by atoms with Crippen LogP contribution in [-0.4, -0.2) is 38.3 Å². The molecular weight excluding hydrogens is 410 g/mol. The Kier molecular flexibility index (Phi) is 6.72. The number of hydrogen-bond acceptors (Lipinski definition) is 6. The van der Waals surface area contributed by atoms with Crippen LogP contribution in [0, 0.1) is 6.92 Å². The molecule has 0 spiro atoms. The number of aryl methyl sites for hydroxylation is 1. The fourth-order valence-corrected chi connectivity index (χ4v) is 3.62. The Bertz CT molecular complexity index is 968. The van der Waals surface area contributed by atoms with Crippen LogP contribution in [-0.2, 0) is 6.61 Å². The van der Waals surface area contributed by atoms with Gasteiger partial charge < -0.3 is 14.6 Å². The SMILES string of the molecule is COc1ccc(OCc2nnc(SCC(C)(C)O)n2-c2ccc(C)c(Cl)c2)cc1. The molecule has 0 atom stereocenters. The summed E-state index contributed by atoms with van der Waals surface area (Å²) in [5.41, 5.74) is 1.01. The third kappa shape index (κ3) is 5.65. The van der Waals surface area contributed by atoms with Crippen LogP contribution in [0.25, 0.3) is 5.69 Å². The number of aliphatic hydroxyl groups is 1. The van der Waals surface area contributed by atoms with Crippen molar-refractivity contribution in [1.29, 1.82) is 0 Å². The second kappa shape index (κ2) is 9.07. The summed E-state index contributed by atoms with van der Waals surface area (Å²) in [5, 5.41) is 20.0. The summed E-state index contributed by atoms with van der Waals surface area (Å²) in [6.45, 7) is 5.71. The van der Waals surface area contributed by atoms with Crippen molar-refractivity contribution in [2.45, 2.75) is 38.1 Å². The minimum Gasteiger partial charge on any atom is -0.497 e. The Morgan fingerprint density at radius 1 is 1.10 bits per heavy atom. The fraction of sp³-hybridized carbons (Fsp3) is 0.333. The third-order valence-electron chi connectivity index (χ3n) is 4.10. The van der Waals surface area contributed by atoms with Crippen molar-refractivity contribution in [2.24, 2.45) is 0 Å². The van der Waals surface area contributed by atoms with Crippen LogP contribution in [0.2, 0.25) is 5.02 Å². The quantitative estimate of drug-likeness (QED) is 0.520. The first-order chi connectivity index (χ1) is 13.8. The molecule has 0 saturated carbocycles. The standard InChI is InChI=1S/C21H24ClN3O3S/c1-14-5-6-15(11-18(14)22)25-19(23-24-20(25)29-13-21(2,3)26)12-28-17-9-7-16(27-4)8-10-17/h5-11,26H,12-13H2,1-4H3. The number of ether oxygens (including phenoxy) is 2. The Morgan fingerprint density at radius 3 is 2.41 bits per heavy atom. The van der Waals surface area contributed by atoms with Gasteiger partial charge in [0, 0.05) is 10.8 Å². The van der Waals surface area contributed by atoms with E-state index in [0.29, 0.717) is 27.5 Å². The zero-order valence-electron chi connectivity index (χ0n) is 16.8. The van der Waals surface area contributed by atoms with Gasteiger partial charge in [-0.1, -0.05) is 29.4 Å². The van der Waals surface area contributed by atoms with E-state index in [-0.39, 0.29) is 6.61 Å². The van der Waals surface area contributed by atoms with E-state index in [1.807, 2.05) is 54.0 Å². The largest absolute Gasteiger partial charge is 0.497 e. The third-order valence-corrected chi connectivity index (χ3v) is 5.88. The Morgan fingerprint density at radius 2 is 1.79 bits per heavy atom. The summed E-state index contributed by atoms with van der Waals surface area (Å²) < 4.78 is 13.0. The number of halogens is 1. The van der Waals surface area contributed by atoms with Gasteiger partial charge in [-0.05, 0) is 62.7 Å². The average molecular weight is 434 g/mol. The summed E-state index contributed by atoms with van der Waals surface area (Å²) in [5.74, 6) is 2.58. The number of hydrogen-bond donors (Lipinski definition) is 1. The molecule has 3 rings (SSSR count). The van der Waals surface area contributed by atoms with E-state index in [0.717, 1.165) is 17.0 Å². The number of nitrogens with zero attached hydrogens (tertiary/aromatic N) is 3. The zero-order valence-corrected chi connectivity index (χ0v) is 18.4. The number of benzene rings is 2. The lowest BCUT2D eigenvalue weighted by Crippen LogP contribution is -2.22. The summed E-state index contributed by atoms with van der Waals surface area (Å²) in [6.07, 6.45) is 0. The van der Waals surface area contributed by atoms with E-state index in [9.17, 15) is 5.11 Å². The van der Waals surface area contributed by atoms with Gasteiger partial charge in [-0.25, -0.2) is 0 Å². The molecule has 29 heavy (non-hydrogen) atoms. The van der Waals surface area contributed by atoms with Crippen LogP contribution in [0.4, 0.5) is 0 Å². The molecule has 0 amide bonds. The van der Waals surface area contributed by atoms with Gasteiger partial charge in [-0.3, -0.25) is 4.57 Å². The molecular formula is C21H24ClN3O3S. The number of thioether (sulfide) groups is 1. The normalized spacial score (nSPS) is 11.5. The molecule has 0 radical (unpaired) electrons. The molecule has 6 nitrogen and oxygen atoms in total. The highest BCUT2D eigenvalue weighted by atomic mass is 35.5. The molecule has 0 aliphatic heterocycles. The maximum Gasteiger partial charge on any atom is 0.196 e. The highest BCUT2D eigenvalue weighted by molar-refractivity contribution is 7.99. The van der Waals surface area contributed by atoms with Crippen LogP contribution in [0.5, 0.6) is 11.5 Å². The van der Waals surface area contributed by atoms with E-state index in [1.54, 1.807) is 21.0 Å². The zero-order chi connectivity index (χ0) is 21.0. The highest BCUT2D eigenvalue weighted by Gasteiger charge is 2.20. The van der Waals surface area contributed by atoms with Crippen LogP contribution in [0.1, 0.15) is 25.2 Å². The van der Waals surface area contributed by atoms with E-state index in [1.165, 1.54) is 11.8 Å². The molecule has 154 valence electrons. The number of aromatic nitrogens is 3. The van der Waals surface area contributed by atoms with Gasteiger partial charge in [0.05, 0.1) is 18.4 Å². The molecule has 0 aliphatic rings. The smallest absolute Gasteiger partial charge is 0.196 e. The summed E-state index contributed by atoms with van der Waals surface area (Å²) in [4.78, 5) is 0. The minimum absolute atomic E-state index is 0.230. The van der Waals surface area contributed by atoms with Crippen LogP contribution < -0.4 is 9.47 Å². The molecule has 0 saturated heterocycles. The number of methoxy groups -OCH3 is 1. The van der Waals surface area contributed by atoms with Crippen molar-refractivity contribution in [3.05, 3.63) is 58.9 Å². The monoisotopic (exact) mass is 433 g/mol. The molecule has 1 aromatic heterocycles. The second-order valence-electron chi connectivity index (χ2n) is 7.23. The first-order valence-electron chi connectivity index (χ1n) is 9.10. The van der Waals surface area contributed by atoms with Crippen molar-refractivity contribution in [2.75, 3.05) is 12.9 Å². The molecule has 0 aliphatic carbocycles. The average Bonchev–Trinajstić information content (AvgIpc) is 3.09. The van der Waals surface area contributed by atoms with Crippen molar-refractivity contribution < 1.29 is 14.6 Å². The summed E-state index contributed by atoms with van der Waals surface area (Å²) in [6, 6.07) is 13.2. The lowest BCUT2D eigenvalue weighted by molar-refractivity contribution is 0.107. The lowest BCUT2D eigenvalue weighted by Gasteiger charge is -2.17. The van der Waals surface area contributed by atoms with Crippen LogP contribution in [0.3, 0.4) is 0 Å². The fourth-order valence-electron chi connectivity index (χ4n) is 2.53. The first-order valence-corrected chi connectivity index (χ1v) is 10.5. The molecule has 0 bridgehead atoms. The van der Waals surface area contributed by atoms with Gasteiger partial charge in [0.1, 0.15) is 18.1 Å². The second-order valence-corrected chi connectivity index (χ2v) is 8.58. The van der Waals surface area contributed by atoms with E-state index < -0.39 is 5.60 Å². The number of rotatable bonds is 8. The van der Waals surface area contributed by atoms with E-state index >= 15 is 0 Å². The van der Waals surface area contributed by atoms with Gasteiger partial charge in [-0.2, -0.15) is 0 Å². The van der Waals surface area contributed by atoms with Crippen molar-refractivity contribution >= 4 is 23.4 Å². The lowest BCUT2D eigenvalue weighted by atomic mass is 10.2. The predicted molar refractivity (Wildman–Crippen MR) is 115 cm³/mol. The van der Waals surface area contributed by atoms with Gasteiger partial charge in [0.2, 0.25) is 0 Å². The van der Waals surface area contributed by atoms with Crippen molar-refractivity contribution in [3.63, 3.8) is 0 Å². The Balaban J connectivity index is 1.88. The molecule has 0 fully saturated rings. The molecule has 3 aromatic rings. The topological polar surface area (TPSA) is 69.4 Å². The minimum atomic E-state index is -0.827. The van der Waals surface area contributed by atoms with Gasteiger partial charge in [-0.15, -0.1) is 10.2 Å². The summed E-state index contributed by atoms with van der Waals surface area (Å²) in [7, 11) is 1.62. The highest BCUT2D eigenvalue weighted by Crippen LogP contribution is 2.28. The molecule has 1 N–H and O–H groups in total.